The van der Waals surface area contributed by atoms with Gasteiger partial charge in [0.15, 0.2) is 0 Å². The molecule has 7 nitrogen and oxygen atoms in total. The first-order chi connectivity index (χ1) is 9.11. The van der Waals surface area contributed by atoms with E-state index in [2.05, 4.69) is 20.5 Å². The number of rotatable bonds is 4. The zero-order valence-corrected chi connectivity index (χ0v) is 10.7. The monoisotopic (exact) mass is 282 g/mol. The van der Waals surface area contributed by atoms with Crippen LogP contribution in [0.15, 0.2) is 27.8 Å². The van der Waals surface area contributed by atoms with Crippen molar-refractivity contribution in [3.8, 4) is 5.75 Å². The minimum Gasteiger partial charge on any atom is -0.496 e. The first kappa shape index (κ1) is 13.2. The van der Waals surface area contributed by atoms with Crippen LogP contribution >= 0.6 is 11.6 Å². The van der Waals surface area contributed by atoms with Crippen molar-refractivity contribution in [2.24, 2.45) is 0 Å². The average Bonchev–Trinajstić information content (AvgIpc) is 2.39. The predicted octanol–water partition coefficient (Wildman–Crippen LogP) is 0.732. The lowest BCUT2D eigenvalue weighted by Gasteiger charge is -2.10. The van der Waals surface area contributed by atoms with E-state index < -0.39 is 11.2 Å². The molecule has 0 radical (unpaired) electrons. The van der Waals surface area contributed by atoms with Crippen LogP contribution in [-0.2, 0) is 6.54 Å². The van der Waals surface area contributed by atoms with Crippen LogP contribution < -0.4 is 21.3 Å². The lowest BCUT2D eigenvalue weighted by Crippen LogP contribution is -2.26. The summed E-state index contributed by atoms with van der Waals surface area (Å²) in [5, 5.41) is 9.02. The van der Waals surface area contributed by atoms with E-state index in [4.69, 9.17) is 16.3 Å². The first-order valence-electron chi connectivity index (χ1n) is 5.36. The highest BCUT2D eigenvalue weighted by Gasteiger charge is 2.09. The molecule has 3 N–H and O–H groups in total. The molecular weight excluding hydrogens is 272 g/mol. The number of hydrogen-bond donors (Lipinski definition) is 3. The summed E-state index contributed by atoms with van der Waals surface area (Å²) in [7, 11) is 1.53. The molecule has 0 saturated heterocycles. The van der Waals surface area contributed by atoms with Crippen LogP contribution in [0.1, 0.15) is 5.56 Å². The molecule has 100 valence electrons. The molecule has 0 spiro atoms. The minimum absolute atomic E-state index is 0.00146. The second kappa shape index (κ2) is 5.57. The van der Waals surface area contributed by atoms with E-state index >= 15 is 0 Å². The van der Waals surface area contributed by atoms with Gasteiger partial charge in [-0.05, 0) is 12.1 Å². The fraction of sp³-hybridized carbons (Fsp3) is 0.182. The van der Waals surface area contributed by atoms with Crippen molar-refractivity contribution in [3.63, 3.8) is 0 Å². The molecule has 0 aliphatic rings. The quantitative estimate of drug-likeness (QED) is 0.768. The van der Waals surface area contributed by atoms with Crippen LogP contribution in [0.5, 0.6) is 5.75 Å². The number of aromatic nitrogens is 3. The molecule has 0 saturated carbocycles. The van der Waals surface area contributed by atoms with Crippen LogP contribution in [0.3, 0.4) is 0 Å². The Balaban J connectivity index is 2.23. The van der Waals surface area contributed by atoms with E-state index in [1.54, 1.807) is 18.2 Å². The molecule has 1 aromatic carbocycles. The molecule has 2 rings (SSSR count). The first-order valence-corrected chi connectivity index (χ1v) is 5.74. The van der Waals surface area contributed by atoms with Gasteiger partial charge in [-0.2, -0.15) is 0 Å². The van der Waals surface area contributed by atoms with Crippen molar-refractivity contribution in [2.45, 2.75) is 6.54 Å². The van der Waals surface area contributed by atoms with Crippen LogP contribution in [0.2, 0.25) is 5.02 Å². The van der Waals surface area contributed by atoms with Gasteiger partial charge in [0.25, 0.3) is 5.56 Å². The van der Waals surface area contributed by atoms with Crippen molar-refractivity contribution in [1.82, 2.24) is 15.2 Å². The van der Waals surface area contributed by atoms with Gasteiger partial charge in [0, 0.05) is 17.1 Å². The van der Waals surface area contributed by atoms with E-state index in [9.17, 15) is 9.59 Å². The molecule has 0 atom stereocenters. The van der Waals surface area contributed by atoms with Crippen LogP contribution in [0.25, 0.3) is 0 Å². The number of ether oxygens (including phenoxy) is 1. The van der Waals surface area contributed by atoms with Crippen LogP contribution in [0.4, 0.5) is 5.82 Å². The Morgan fingerprint density at radius 1 is 1.42 bits per heavy atom. The smallest absolute Gasteiger partial charge is 0.342 e. The van der Waals surface area contributed by atoms with E-state index in [0.29, 0.717) is 16.3 Å². The normalized spacial score (nSPS) is 10.2. The predicted molar refractivity (Wildman–Crippen MR) is 70.8 cm³/mol. The lowest BCUT2D eigenvalue weighted by atomic mass is 10.2. The molecule has 1 heterocycles. The summed E-state index contributed by atoms with van der Waals surface area (Å²) in [6.07, 6.45) is 0. The third kappa shape index (κ3) is 2.94. The molecule has 0 aliphatic carbocycles. The number of hydrogen-bond acceptors (Lipinski definition) is 5. The maximum atomic E-state index is 11.4. The van der Waals surface area contributed by atoms with Gasteiger partial charge in [0.2, 0.25) is 5.82 Å². The minimum atomic E-state index is -0.661. The third-order valence-electron chi connectivity index (χ3n) is 2.44. The van der Waals surface area contributed by atoms with Gasteiger partial charge in [-0.15, -0.1) is 5.10 Å². The molecule has 1 aromatic heterocycles. The van der Waals surface area contributed by atoms with Crippen LogP contribution in [0, 0.1) is 0 Å². The maximum absolute atomic E-state index is 11.4. The molecule has 19 heavy (non-hydrogen) atoms. The molecule has 0 amide bonds. The van der Waals surface area contributed by atoms with Crippen LogP contribution in [-0.4, -0.2) is 22.3 Å². The zero-order valence-electron chi connectivity index (χ0n) is 9.99. The Labute approximate surface area is 112 Å². The van der Waals surface area contributed by atoms with Gasteiger partial charge in [-0.25, -0.2) is 9.89 Å². The Bertz CT molecular complexity index is 695. The SMILES string of the molecule is COc1cccc(Cl)c1CNc1n[nH]c(=O)[nH]c1=O. The Morgan fingerprint density at radius 2 is 2.21 bits per heavy atom. The van der Waals surface area contributed by atoms with Crippen molar-refractivity contribution in [1.29, 1.82) is 0 Å². The number of halogens is 1. The summed E-state index contributed by atoms with van der Waals surface area (Å²) in [6, 6.07) is 5.23. The number of nitrogens with zero attached hydrogens (tertiary/aromatic N) is 1. The standard InChI is InChI=1S/C11H11ClN4O3/c1-19-8-4-2-3-7(12)6(8)5-13-9-10(17)14-11(18)16-15-9/h2-4H,5H2,1H3,(H,13,15)(H2,14,16,17,18). The summed E-state index contributed by atoms with van der Waals surface area (Å²) < 4.78 is 5.18. The van der Waals surface area contributed by atoms with E-state index in [1.807, 2.05) is 0 Å². The van der Waals surface area contributed by atoms with E-state index in [-0.39, 0.29) is 12.4 Å². The molecule has 8 heteroatoms. The largest absolute Gasteiger partial charge is 0.496 e. The van der Waals surface area contributed by atoms with Crippen molar-refractivity contribution in [2.75, 3.05) is 12.4 Å². The highest BCUT2D eigenvalue weighted by atomic mass is 35.5. The number of aromatic amines is 2. The highest BCUT2D eigenvalue weighted by molar-refractivity contribution is 6.31. The average molecular weight is 283 g/mol. The number of H-pyrrole nitrogens is 2. The lowest BCUT2D eigenvalue weighted by molar-refractivity contribution is 0.410. The van der Waals surface area contributed by atoms with Gasteiger partial charge in [0.05, 0.1) is 7.11 Å². The van der Waals surface area contributed by atoms with Gasteiger partial charge >= 0.3 is 5.69 Å². The molecule has 0 unspecified atom stereocenters. The van der Waals surface area contributed by atoms with Gasteiger partial charge in [-0.3, -0.25) is 9.78 Å². The summed E-state index contributed by atoms with van der Waals surface area (Å²) in [5.74, 6) is 0.599. The third-order valence-corrected chi connectivity index (χ3v) is 2.79. The molecule has 0 bridgehead atoms. The number of methoxy groups -OCH3 is 1. The van der Waals surface area contributed by atoms with Crippen molar-refractivity contribution >= 4 is 17.4 Å². The molecular formula is C11H11ClN4O3. The molecule has 0 aliphatic heterocycles. The number of benzene rings is 1. The number of nitrogens with one attached hydrogen (secondary N) is 3. The Hall–Kier alpha value is -2.28. The maximum Gasteiger partial charge on any atom is 0.342 e. The highest BCUT2D eigenvalue weighted by Crippen LogP contribution is 2.26. The second-order valence-electron chi connectivity index (χ2n) is 3.63. The summed E-state index contributed by atoms with van der Waals surface area (Å²) in [5.41, 5.74) is -0.570. The zero-order chi connectivity index (χ0) is 13.8. The van der Waals surface area contributed by atoms with E-state index in [0.717, 1.165) is 0 Å². The topological polar surface area (TPSA) is 99.9 Å². The summed E-state index contributed by atoms with van der Waals surface area (Å²) in [4.78, 5) is 24.3. The van der Waals surface area contributed by atoms with Gasteiger partial charge in [0.1, 0.15) is 5.75 Å². The fourth-order valence-corrected chi connectivity index (χ4v) is 1.77. The van der Waals surface area contributed by atoms with E-state index in [1.165, 1.54) is 7.11 Å². The summed E-state index contributed by atoms with van der Waals surface area (Å²) in [6.45, 7) is 0.241. The molecule has 2 aromatic rings. The Kier molecular flexibility index (Phi) is 3.86. The van der Waals surface area contributed by atoms with Gasteiger partial charge in [-0.1, -0.05) is 17.7 Å². The summed E-state index contributed by atoms with van der Waals surface area (Å²) >= 11 is 6.06. The van der Waals surface area contributed by atoms with Gasteiger partial charge < -0.3 is 10.1 Å². The Morgan fingerprint density at radius 3 is 2.89 bits per heavy atom. The number of anilines is 1. The fourth-order valence-electron chi connectivity index (χ4n) is 1.54. The van der Waals surface area contributed by atoms with Crippen molar-refractivity contribution < 1.29 is 4.74 Å². The van der Waals surface area contributed by atoms with Crippen molar-refractivity contribution in [3.05, 3.63) is 49.6 Å². The second-order valence-corrected chi connectivity index (χ2v) is 4.04. The molecule has 0 fully saturated rings.